The topological polar surface area (TPSA) is 157 Å². The minimum Gasteiger partial charge on any atom is -0.423 e. The maximum atomic E-state index is 10.9. The van der Waals surface area contributed by atoms with Crippen LogP contribution in [0.3, 0.4) is 0 Å². The lowest BCUT2D eigenvalue weighted by molar-refractivity contribution is 0.0953. The number of unbranched alkanes of at least 4 members (excludes halogenated alkanes) is 2. The van der Waals surface area contributed by atoms with Gasteiger partial charge in [0, 0.05) is 27.5 Å². The van der Waals surface area contributed by atoms with E-state index in [9.17, 15) is 4.79 Å². The zero-order valence-corrected chi connectivity index (χ0v) is 59.8. The summed E-state index contributed by atoms with van der Waals surface area (Å²) in [5.74, 6) is 8.18. The van der Waals surface area contributed by atoms with E-state index in [1.165, 1.54) is 85.0 Å². The molecule has 2 aromatic heterocycles. The number of nitrogen functional groups attached to an aromatic ring is 1. The standard InChI is InChI=1S/C39H45N3.C23H27Cl2N3.C8H11BO2.C7H6Cl2N2O/c1-10-11-20-39(8,9)38-41-40-37(42(38)36-19-14-27(4)23-30(36)7)31-15-18-34(32-16-12-25(2)21-28(32)5)35(24-31)33-17-13-26(3)22-29(33)6;1-6-7-12-23(4,5)22-27-26-21(17-9-10-18(24)19(25)14-17)28(22)20-11-8-15(2)13-16(20)3;1-6-3-4-8(9(10)11)7(2)5-6;8-5-2-1-4(3-6(5)9)7(12)11-10/h12-19,21-24H,10-11,20H2,1-9H3;8-11,13-14H,6-7,12H2,1-5H3;3-5,10-11H,1-2H3;1-3H,10H2,(H,11,12). The molecule has 10 rings (SSSR count). The smallest absolute Gasteiger partial charge is 0.423 e. The van der Waals surface area contributed by atoms with E-state index in [1.807, 2.05) is 49.6 Å². The van der Waals surface area contributed by atoms with Crippen LogP contribution in [0, 0.1) is 69.2 Å². The van der Waals surface area contributed by atoms with Gasteiger partial charge in [-0.2, -0.15) is 0 Å². The first-order chi connectivity index (χ1) is 44.0. The number of nitrogens with two attached hydrogens (primary N) is 1. The number of aryl methyl sites for hydroxylation is 10. The third kappa shape index (κ3) is 18.1. The number of amides is 1. The van der Waals surface area contributed by atoms with Crippen molar-refractivity contribution < 1.29 is 14.8 Å². The number of carbonyl (C=O) groups is 1. The van der Waals surface area contributed by atoms with Gasteiger partial charge in [0.2, 0.25) is 0 Å². The average molecular weight is 1330 g/mol. The molecule has 5 N–H and O–H groups in total. The van der Waals surface area contributed by atoms with Crippen molar-refractivity contribution in [2.45, 2.75) is 160 Å². The van der Waals surface area contributed by atoms with Gasteiger partial charge in [-0.3, -0.25) is 19.4 Å². The first-order valence-electron chi connectivity index (χ1n) is 31.7. The first kappa shape index (κ1) is 73.0. The third-order valence-corrected chi connectivity index (χ3v) is 18.3. The summed E-state index contributed by atoms with van der Waals surface area (Å²) in [5, 5.41) is 38.5. The van der Waals surface area contributed by atoms with Crippen molar-refractivity contribution in [2.24, 2.45) is 5.84 Å². The van der Waals surface area contributed by atoms with Crippen LogP contribution in [0.15, 0.2) is 146 Å². The Bertz CT molecular complexity index is 4270. The number of hydrazine groups is 1. The van der Waals surface area contributed by atoms with Gasteiger partial charge in [-0.25, -0.2) is 5.84 Å². The lowest BCUT2D eigenvalue weighted by Crippen LogP contribution is -2.31. The van der Waals surface area contributed by atoms with Crippen LogP contribution in [0.5, 0.6) is 0 Å². The zero-order chi connectivity index (χ0) is 68.2. The highest BCUT2D eigenvalue weighted by Gasteiger charge is 2.32. The Hall–Kier alpha value is -7.39. The molecule has 486 valence electrons. The van der Waals surface area contributed by atoms with Gasteiger partial charge in [0.1, 0.15) is 11.6 Å². The molecule has 16 heteroatoms. The van der Waals surface area contributed by atoms with Gasteiger partial charge < -0.3 is 10.0 Å². The molecule has 0 saturated carbocycles. The minimum absolute atomic E-state index is 0.102. The van der Waals surface area contributed by atoms with Gasteiger partial charge in [0.25, 0.3) is 5.91 Å². The maximum absolute atomic E-state index is 10.9. The van der Waals surface area contributed by atoms with Gasteiger partial charge in [-0.15, -0.1) is 20.4 Å². The van der Waals surface area contributed by atoms with E-state index in [2.05, 4.69) is 207 Å². The number of nitrogens with one attached hydrogen (secondary N) is 1. The highest BCUT2D eigenvalue weighted by Crippen LogP contribution is 2.42. The van der Waals surface area contributed by atoms with Gasteiger partial charge in [-0.1, -0.05) is 238 Å². The average Bonchev–Trinajstić information content (AvgIpc) is 1.69. The number of hydrogen-bond donors (Lipinski definition) is 4. The van der Waals surface area contributed by atoms with E-state index in [0.717, 1.165) is 95.5 Å². The highest BCUT2D eigenvalue weighted by molar-refractivity contribution is 6.59. The molecule has 0 fully saturated rings. The number of nitrogens with zero attached hydrogens (tertiary/aromatic N) is 6. The fraction of sp³-hybridized carbons (Fsp3) is 0.312. The Morgan fingerprint density at radius 2 is 0.839 bits per heavy atom. The molecule has 11 nitrogen and oxygen atoms in total. The number of rotatable bonds is 16. The Kier molecular flexibility index (Phi) is 25.3. The van der Waals surface area contributed by atoms with Crippen LogP contribution < -0.4 is 16.7 Å². The lowest BCUT2D eigenvalue weighted by Gasteiger charge is -2.26. The molecule has 0 aliphatic rings. The Balaban J connectivity index is 0.000000204. The lowest BCUT2D eigenvalue weighted by atomic mass is 9.77. The number of aromatic nitrogens is 6. The summed E-state index contributed by atoms with van der Waals surface area (Å²) in [4.78, 5) is 10.9. The molecule has 0 aliphatic carbocycles. The van der Waals surface area contributed by atoms with Crippen molar-refractivity contribution in [1.29, 1.82) is 0 Å². The summed E-state index contributed by atoms with van der Waals surface area (Å²) in [6.07, 6.45) is 6.73. The molecular weight excluding hydrogens is 1240 g/mol. The van der Waals surface area contributed by atoms with Crippen LogP contribution in [-0.2, 0) is 10.8 Å². The highest BCUT2D eigenvalue weighted by atomic mass is 35.5. The number of halogens is 4. The molecule has 0 atom stereocenters. The molecule has 2 heterocycles. The SMILES string of the molecule is CCCCC(C)(C)c1nnc(-c2ccc(-c3ccc(C)cc3C)c(-c3ccc(C)cc3C)c2)n1-c1ccc(C)cc1C.CCCCC(C)(C)c1nnc(-c2ccc(Cl)c(Cl)c2)n1-c1ccc(C)cc1C.Cc1ccc(B(O)O)c(C)c1.NNC(=O)c1ccc(Cl)c(Cl)c1. The number of hydrogen-bond acceptors (Lipinski definition) is 8. The molecule has 1 amide bonds. The normalized spacial score (nSPS) is 11.3. The van der Waals surface area contributed by atoms with Crippen LogP contribution in [0.4, 0.5) is 0 Å². The molecule has 0 saturated heterocycles. The molecule has 93 heavy (non-hydrogen) atoms. The number of carbonyl (C=O) groups excluding carboxylic acids is 1. The van der Waals surface area contributed by atoms with E-state index in [1.54, 1.807) is 6.07 Å². The van der Waals surface area contributed by atoms with Crippen LogP contribution in [0.2, 0.25) is 20.1 Å². The van der Waals surface area contributed by atoms with E-state index >= 15 is 0 Å². The summed E-state index contributed by atoms with van der Waals surface area (Å²) in [6.45, 7) is 34.7. The summed E-state index contributed by atoms with van der Waals surface area (Å²) in [7, 11) is -1.35. The summed E-state index contributed by atoms with van der Waals surface area (Å²) in [6, 6.07) is 49.2. The van der Waals surface area contributed by atoms with Crippen LogP contribution in [0.25, 0.3) is 56.4 Å². The molecule has 8 aromatic carbocycles. The van der Waals surface area contributed by atoms with Gasteiger partial charge in [0.05, 0.1) is 31.5 Å². The van der Waals surface area contributed by atoms with E-state index < -0.39 is 13.0 Å². The van der Waals surface area contributed by atoms with Gasteiger partial charge in [-0.05, 0) is 187 Å². The van der Waals surface area contributed by atoms with E-state index in [0.29, 0.717) is 31.1 Å². The Morgan fingerprint density at radius 3 is 1.25 bits per heavy atom. The van der Waals surface area contributed by atoms with Gasteiger partial charge in [0.15, 0.2) is 11.6 Å². The van der Waals surface area contributed by atoms with Gasteiger partial charge >= 0.3 is 7.12 Å². The van der Waals surface area contributed by atoms with Crippen molar-refractivity contribution in [1.82, 2.24) is 35.0 Å². The minimum atomic E-state index is -1.35. The maximum Gasteiger partial charge on any atom is 0.488 e. The molecule has 0 radical (unpaired) electrons. The molecule has 0 spiro atoms. The quantitative estimate of drug-likeness (QED) is 0.0322. The van der Waals surface area contributed by atoms with Crippen molar-refractivity contribution in [3.05, 3.63) is 239 Å². The van der Waals surface area contributed by atoms with Crippen LogP contribution in [0.1, 0.15) is 158 Å². The van der Waals surface area contributed by atoms with Crippen molar-refractivity contribution in [2.75, 3.05) is 0 Å². The molecular formula is C77H89BCl4N8O3. The van der Waals surface area contributed by atoms with E-state index in [4.69, 9.17) is 72.5 Å². The molecule has 0 aliphatic heterocycles. The third-order valence-electron chi connectivity index (χ3n) is 16.8. The van der Waals surface area contributed by atoms with Crippen molar-refractivity contribution >= 4 is 64.9 Å². The predicted molar refractivity (Wildman–Crippen MR) is 391 cm³/mol. The molecule has 0 unspecified atom stereocenters. The second kappa shape index (κ2) is 32.2. The van der Waals surface area contributed by atoms with Crippen LogP contribution in [-0.4, -0.2) is 52.6 Å². The van der Waals surface area contributed by atoms with Crippen molar-refractivity contribution in [3.8, 4) is 56.4 Å². The zero-order valence-electron chi connectivity index (χ0n) is 56.8. The summed E-state index contributed by atoms with van der Waals surface area (Å²) < 4.78 is 4.51. The summed E-state index contributed by atoms with van der Waals surface area (Å²) >= 11 is 23.7. The largest absolute Gasteiger partial charge is 0.488 e. The molecule has 0 bridgehead atoms. The van der Waals surface area contributed by atoms with Crippen LogP contribution >= 0.6 is 46.4 Å². The second-order valence-corrected chi connectivity index (χ2v) is 27.4. The monoisotopic (exact) mass is 1320 g/mol. The number of benzene rings is 8. The first-order valence-corrected chi connectivity index (χ1v) is 33.2. The Morgan fingerprint density at radius 1 is 0.452 bits per heavy atom. The fourth-order valence-corrected chi connectivity index (χ4v) is 12.3. The molecule has 10 aromatic rings. The van der Waals surface area contributed by atoms with Crippen molar-refractivity contribution in [3.63, 3.8) is 0 Å². The Labute approximate surface area is 571 Å². The fourth-order valence-electron chi connectivity index (χ4n) is 11.7. The predicted octanol–water partition coefficient (Wildman–Crippen LogP) is 19.5. The second-order valence-electron chi connectivity index (χ2n) is 25.8. The van der Waals surface area contributed by atoms with E-state index in [-0.39, 0.29) is 10.8 Å². The summed E-state index contributed by atoms with van der Waals surface area (Å²) in [5.41, 5.74) is 24.0.